The molecule has 1 atom stereocenters. The molecular weight excluding hydrogens is 272 g/mol. The fourth-order valence-corrected chi connectivity index (χ4v) is 4.04. The lowest BCUT2D eigenvalue weighted by atomic mass is 9.84. The molecule has 0 spiro atoms. The summed E-state index contributed by atoms with van der Waals surface area (Å²) in [6, 6.07) is 0.727. The molecule has 3 heteroatoms. The second-order valence-corrected chi connectivity index (χ2v) is 7.95. The minimum Gasteiger partial charge on any atom is -0.376 e. The van der Waals surface area contributed by atoms with Crippen molar-refractivity contribution >= 4 is 0 Å². The van der Waals surface area contributed by atoms with Crippen molar-refractivity contribution in [2.24, 2.45) is 5.92 Å². The Bertz CT molecular complexity index is 300. The SMILES string of the molecule is CC(C)OC1CCC(CCCCN2CCN(C)[C@@H](C)C2)CC1. The third-order valence-electron chi connectivity index (χ3n) is 5.64. The number of hydrogen-bond donors (Lipinski definition) is 0. The highest BCUT2D eigenvalue weighted by Crippen LogP contribution is 2.30. The molecule has 0 aromatic heterocycles. The first-order valence-electron chi connectivity index (χ1n) is 9.62. The molecule has 1 saturated carbocycles. The van der Waals surface area contributed by atoms with Crippen LogP contribution in [0.3, 0.4) is 0 Å². The highest BCUT2D eigenvalue weighted by molar-refractivity contribution is 4.77. The molecule has 0 N–H and O–H groups in total. The van der Waals surface area contributed by atoms with E-state index in [4.69, 9.17) is 4.74 Å². The van der Waals surface area contributed by atoms with Crippen LogP contribution in [0.4, 0.5) is 0 Å². The quantitative estimate of drug-likeness (QED) is 0.666. The van der Waals surface area contributed by atoms with E-state index in [1.807, 2.05) is 0 Å². The number of ether oxygens (including phenoxy) is 1. The first kappa shape index (κ1) is 18.2. The number of nitrogens with zero attached hydrogens (tertiary/aromatic N) is 2. The first-order valence-corrected chi connectivity index (χ1v) is 9.62. The Morgan fingerprint density at radius 3 is 2.41 bits per heavy atom. The fourth-order valence-electron chi connectivity index (χ4n) is 4.04. The third-order valence-corrected chi connectivity index (χ3v) is 5.64. The minimum atomic E-state index is 0.396. The summed E-state index contributed by atoms with van der Waals surface area (Å²) in [5.74, 6) is 0.971. The van der Waals surface area contributed by atoms with Gasteiger partial charge in [0.05, 0.1) is 12.2 Å². The van der Waals surface area contributed by atoms with Gasteiger partial charge in [-0.25, -0.2) is 0 Å². The molecule has 1 aliphatic carbocycles. The van der Waals surface area contributed by atoms with Gasteiger partial charge in [-0.3, -0.25) is 0 Å². The van der Waals surface area contributed by atoms with Crippen LogP contribution >= 0.6 is 0 Å². The topological polar surface area (TPSA) is 15.7 Å². The molecule has 0 bridgehead atoms. The standard InChI is InChI=1S/C19H38N2O/c1-16(2)22-19-10-8-18(9-11-19)7-5-6-12-21-14-13-20(4)17(3)15-21/h16-19H,5-15H2,1-4H3/t17-,18?,19?/m0/s1. The van der Waals surface area contributed by atoms with E-state index < -0.39 is 0 Å². The summed E-state index contributed by atoms with van der Waals surface area (Å²) in [5.41, 5.74) is 0. The molecule has 2 rings (SSSR count). The zero-order valence-electron chi connectivity index (χ0n) is 15.4. The monoisotopic (exact) mass is 310 g/mol. The van der Waals surface area contributed by atoms with E-state index in [0.29, 0.717) is 12.2 Å². The maximum Gasteiger partial charge on any atom is 0.0578 e. The van der Waals surface area contributed by atoms with E-state index in [1.54, 1.807) is 0 Å². The summed E-state index contributed by atoms with van der Waals surface area (Å²) in [7, 11) is 2.25. The molecule has 0 amide bonds. The van der Waals surface area contributed by atoms with Crippen molar-refractivity contribution in [3.63, 3.8) is 0 Å². The van der Waals surface area contributed by atoms with Gasteiger partial charge in [0, 0.05) is 25.7 Å². The van der Waals surface area contributed by atoms with Gasteiger partial charge < -0.3 is 14.5 Å². The molecule has 1 saturated heterocycles. The average molecular weight is 311 g/mol. The Balaban J connectivity index is 1.51. The van der Waals surface area contributed by atoms with E-state index >= 15 is 0 Å². The Hall–Kier alpha value is -0.120. The molecule has 0 radical (unpaired) electrons. The van der Waals surface area contributed by atoms with Gasteiger partial charge in [-0.1, -0.05) is 12.8 Å². The lowest BCUT2D eigenvalue weighted by molar-refractivity contribution is -0.0203. The lowest BCUT2D eigenvalue weighted by Gasteiger charge is -2.37. The predicted molar refractivity (Wildman–Crippen MR) is 94.4 cm³/mol. The van der Waals surface area contributed by atoms with Gasteiger partial charge >= 0.3 is 0 Å². The first-order chi connectivity index (χ1) is 10.5. The summed E-state index contributed by atoms with van der Waals surface area (Å²) in [5, 5.41) is 0. The number of likely N-dealkylation sites (N-methyl/N-ethyl adjacent to an activating group) is 1. The highest BCUT2D eigenvalue weighted by atomic mass is 16.5. The van der Waals surface area contributed by atoms with Gasteiger partial charge in [-0.15, -0.1) is 0 Å². The average Bonchev–Trinajstić information content (AvgIpc) is 2.48. The Morgan fingerprint density at radius 2 is 1.77 bits per heavy atom. The van der Waals surface area contributed by atoms with Gasteiger partial charge in [0.25, 0.3) is 0 Å². The predicted octanol–water partition coefficient (Wildman–Crippen LogP) is 3.78. The smallest absolute Gasteiger partial charge is 0.0578 e. The second-order valence-electron chi connectivity index (χ2n) is 7.95. The second kappa shape index (κ2) is 9.24. The van der Waals surface area contributed by atoms with E-state index in [9.17, 15) is 0 Å². The minimum absolute atomic E-state index is 0.396. The largest absolute Gasteiger partial charge is 0.376 e. The molecule has 2 aliphatic rings. The van der Waals surface area contributed by atoms with Crippen molar-refractivity contribution in [1.29, 1.82) is 0 Å². The molecule has 0 aromatic carbocycles. The van der Waals surface area contributed by atoms with Crippen molar-refractivity contribution in [3.8, 4) is 0 Å². The number of unbranched alkanes of at least 4 members (excludes halogenated alkanes) is 1. The summed E-state index contributed by atoms with van der Waals surface area (Å²) >= 11 is 0. The van der Waals surface area contributed by atoms with E-state index in [2.05, 4.69) is 37.6 Å². The lowest BCUT2D eigenvalue weighted by Crippen LogP contribution is -2.50. The number of rotatable bonds is 7. The normalized spacial score (nSPS) is 31.8. The van der Waals surface area contributed by atoms with Crippen LogP contribution in [0.5, 0.6) is 0 Å². The molecular formula is C19H38N2O. The molecule has 22 heavy (non-hydrogen) atoms. The molecule has 0 unspecified atom stereocenters. The Kier molecular flexibility index (Phi) is 7.66. The zero-order valence-corrected chi connectivity index (χ0v) is 15.4. The van der Waals surface area contributed by atoms with Crippen LogP contribution in [0.1, 0.15) is 65.7 Å². The third kappa shape index (κ3) is 6.17. The van der Waals surface area contributed by atoms with Crippen molar-refractivity contribution in [2.75, 3.05) is 33.2 Å². The maximum atomic E-state index is 5.95. The molecule has 3 nitrogen and oxygen atoms in total. The van der Waals surface area contributed by atoms with Gasteiger partial charge in [0.2, 0.25) is 0 Å². The van der Waals surface area contributed by atoms with Crippen molar-refractivity contribution < 1.29 is 4.74 Å². The summed E-state index contributed by atoms with van der Waals surface area (Å²) in [6.07, 6.45) is 10.6. The van der Waals surface area contributed by atoms with Crippen LogP contribution in [-0.2, 0) is 4.74 Å². The molecule has 1 heterocycles. The van der Waals surface area contributed by atoms with E-state index in [1.165, 1.54) is 71.1 Å². The van der Waals surface area contributed by atoms with Crippen molar-refractivity contribution in [3.05, 3.63) is 0 Å². The Labute approximate surface area is 138 Å². The van der Waals surface area contributed by atoms with Gasteiger partial charge in [-0.05, 0) is 72.4 Å². The van der Waals surface area contributed by atoms with Crippen LogP contribution in [0.15, 0.2) is 0 Å². The van der Waals surface area contributed by atoms with Gasteiger partial charge in [0.1, 0.15) is 0 Å². The van der Waals surface area contributed by atoms with Crippen molar-refractivity contribution in [2.45, 2.75) is 84.0 Å². The van der Waals surface area contributed by atoms with Crippen LogP contribution < -0.4 is 0 Å². The van der Waals surface area contributed by atoms with Crippen LogP contribution in [-0.4, -0.2) is 61.3 Å². The van der Waals surface area contributed by atoms with Crippen molar-refractivity contribution in [1.82, 2.24) is 9.80 Å². The summed E-state index contributed by atoms with van der Waals surface area (Å²) in [4.78, 5) is 5.15. The van der Waals surface area contributed by atoms with Gasteiger partial charge in [-0.2, -0.15) is 0 Å². The van der Waals surface area contributed by atoms with Crippen LogP contribution in [0, 0.1) is 5.92 Å². The molecule has 2 fully saturated rings. The molecule has 130 valence electrons. The van der Waals surface area contributed by atoms with E-state index in [0.717, 1.165) is 12.0 Å². The van der Waals surface area contributed by atoms with Crippen LogP contribution in [0.25, 0.3) is 0 Å². The number of piperazine rings is 1. The summed E-state index contributed by atoms with van der Waals surface area (Å²) in [6.45, 7) is 11.7. The van der Waals surface area contributed by atoms with Gasteiger partial charge in [0.15, 0.2) is 0 Å². The fraction of sp³-hybridized carbons (Fsp3) is 1.00. The highest BCUT2D eigenvalue weighted by Gasteiger charge is 2.23. The molecule has 0 aromatic rings. The van der Waals surface area contributed by atoms with E-state index in [-0.39, 0.29) is 0 Å². The number of hydrogen-bond acceptors (Lipinski definition) is 3. The molecule has 1 aliphatic heterocycles. The maximum absolute atomic E-state index is 5.95. The van der Waals surface area contributed by atoms with Crippen LogP contribution in [0.2, 0.25) is 0 Å². The zero-order chi connectivity index (χ0) is 15.9. The summed E-state index contributed by atoms with van der Waals surface area (Å²) < 4.78 is 5.95. The Morgan fingerprint density at radius 1 is 1.05 bits per heavy atom.